The molecule has 1 fully saturated rings. The summed E-state index contributed by atoms with van der Waals surface area (Å²) in [4.78, 5) is 16.7. The SMILES string of the molecule is CC(N)C1CCCN(C(=O)c2ccc(-c3ccc4c(c3)OCCO4)s2)C1. The van der Waals surface area contributed by atoms with E-state index in [0.717, 1.165) is 52.7 Å². The lowest BCUT2D eigenvalue weighted by Gasteiger charge is -2.34. The lowest BCUT2D eigenvalue weighted by atomic mass is 9.92. The van der Waals surface area contributed by atoms with E-state index in [4.69, 9.17) is 15.2 Å². The number of thiophene rings is 1. The lowest BCUT2D eigenvalue weighted by Crippen LogP contribution is -2.44. The van der Waals surface area contributed by atoms with Crippen LogP contribution in [0.5, 0.6) is 11.5 Å². The second kappa shape index (κ2) is 7.29. The van der Waals surface area contributed by atoms with Crippen LogP contribution < -0.4 is 15.2 Å². The highest BCUT2D eigenvalue weighted by molar-refractivity contribution is 7.17. The van der Waals surface area contributed by atoms with Crippen molar-refractivity contribution in [3.63, 3.8) is 0 Å². The van der Waals surface area contributed by atoms with Crippen LogP contribution in [0.1, 0.15) is 29.4 Å². The van der Waals surface area contributed by atoms with Crippen molar-refractivity contribution in [2.45, 2.75) is 25.8 Å². The van der Waals surface area contributed by atoms with Crippen molar-refractivity contribution in [1.82, 2.24) is 4.90 Å². The van der Waals surface area contributed by atoms with Gasteiger partial charge in [0.2, 0.25) is 0 Å². The number of carbonyl (C=O) groups excluding carboxylic acids is 1. The van der Waals surface area contributed by atoms with Gasteiger partial charge >= 0.3 is 0 Å². The summed E-state index contributed by atoms with van der Waals surface area (Å²) >= 11 is 1.53. The third kappa shape index (κ3) is 3.44. The van der Waals surface area contributed by atoms with Crippen molar-refractivity contribution in [2.75, 3.05) is 26.3 Å². The van der Waals surface area contributed by atoms with Crippen LogP contribution in [0, 0.1) is 5.92 Å². The molecule has 4 rings (SSSR count). The number of hydrogen-bond acceptors (Lipinski definition) is 5. The largest absolute Gasteiger partial charge is 0.486 e. The molecule has 3 heterocycles. The van der Waals surface area contributed by atoms with E-state index in [1.54, 1.807) is 0 Å². The first-order valence-electron chi connectivity index (χ1n) is 9.16. The van der Waals surface area contributed by atoms with Crippen LogP contribution in [0.2, 0.25) is 0 Å². The average molecular weight is 372 g/mol. The maximum Gasteiger partial charge on any atom is 0.263 e. The molecule has 0 spiro atoms. The minimum absolute atomic E-state index is 0.115. The Balaban J connectivity index is 1.51. The summed E-state index contributed by atoms with van der Waals surface area (Å²) in [5.41, 5.74) is 7.09. The van der Waals surface area contributed by atoms with E-state index in [-0.39, 0.29) is 11.9 Å². The van der Waals surface area contributed by atoms with Gasteiger partial charge in [-0.15, -0.1) is 11.3 Å². The molecular weight excluding hydrogens is 348 g/mol. The van der Waals surface area contributed by atoms with Gasteiger partial charge in [-0.05, 0) is 61.6 Å². The molecule has 6 heteroatoms. The molecule has 138 valence electrons. The van der Waals surface area contributed by atoms with Gasteiger partial charge in [0.25, 0.3) is 5.91 Å². The van der Waals surface area contributed by atoms with E-state index < -0.39 is 0 Å². The van der Waals surface area contributed by atoms with Crippen molar-refractivity contribution >= 4 is 17.2 Å². The Morgan fingerprint density at radius 2 is 2.04 bits per heavy atom. The molecule has 2 aromatic rings. The fraction of sp³-hybridized carbons (Fsp3) is 0.450. The van der Waals surface area contributed by atoms with Crippen LogP contribution >= 0.6 is 11.3 Å². The molecule has 2 atom stereocenters. The summed E-state index contributed by atoms with van der Waals surface area (Å²) in [6.07, 6.45) is 2.13. The van der Waals surface area contributed by atoms with Crippen LogP contribution in [0.3, 0.4) is 0 Å². The van der Waals surface area contributed by atoms with Gasteiger partial charge in [0.15, 0.2) is 11.5 Å². The Bertz CT molecular complexity index is 802. The summed E-state index contributed by atoms with van der Waals surface area (Å²) in [7, 11) is 0. The molecule has 2 aliphatic heterocycles. The summed E-state index contributed by atoms with van der Waals surface area (Å²) in [5, 5.41) is 0. The second-order valence-corrected chi connectivity index (χ2v) is 8.12. The van der Waals surface area contributed by atoms with E-state index >= 15 is 0 Å². The standard InChI is InChI=1S/C20H24N2O3S/c1-13(21)15-3-2-8-22(12-15)20(23)19-7-6-18(26-19)14-4-5-16-17(11-14)25-10-9-24-16/h4-7,11,13,15H,2-3,8-10,12,21H2,1H3. The Morgan fingerprint density at radius 1 is 1.23 bits per heavy atom. The molecule has 2 aliphatic rings. The molecule has 0 saturated carbocycles. The summed E-state index contributed by atoms with van der Waals surface area (Å²) in [6.45, 7) is 4.76. The van der Waals surface area contributed by atoms with Crippen LogP contribution in [0.25, 0.3) is 10.4 Å². The van der Waals surface area contributed by atoms with E-state index in [1.807, 2.05) is 42.2 Å². The first-order chi connectivity index (χ1) is 12.6. The fourth-order valence-corrected chi connectivity index (χ4v) is 4.55. The molecule has 1 aromatic carbocycles. The summed E-state index contributed by atoms with van der Waals surface area (Å²) in [6, 6.07) is 10.00. The maximum atomic E-state index is 12.9. The Hall–Kier alpha value is -2.05. The highest BCUT2D eigenvalue weighted by atomic mass is 32.1. The van der Waals surface area contributed by atoms with E-state index in [9.17, 15) is 4.79 Å². The minimum Gasteiger partial charge on any atom is -0.486 e. The third-order valence-corrected chi connectivity index (χ3v) is 6.25. The molecule has 0 radical (unpaired) electrons. The number of nitrogens with two attached hydrogens (primary N) is 1. The Morgan fingerprint density at radius 3 is 2.85 bits per heavy atom. The minimum atomic E-state index is 0.115. The predicted molar refractivity (Wildman–Crippen MR) is 103 cm³/mol. The maximum absolute atomic E-state index is 12.9. The number of amides is 1. The van der Waals surface area contributed by atoms with Crippen molar-refractivity contribution in [3.05, 3.63) is 35.2 Å². The van der Waals surface area contributed by atoms with Crippen molar-refractivity contribution < 1.29 is 14.3 Å². The fourth-order valence-electron chi connectivity index (χ4n) is 3.58. The molecular formula is C20H24N2O3S. The molecule has 26 heavy (non-hydrogen) atoms. The van der Waals surface area contributed by atoms with Crippen molar-refractivity contribution in [2.24, 2.45) is 11.7 Å². The molecule has 0 bridgehead atoms. The van der Waals surface area contributed by atoms with E-state index in [0.29, 0.717) is 19.1 Å². The molecule has 2 unspecified atom stereocenters. The van der Waals surface area contributed by atoms with Gasteiger partial charge in [0.1, 0.15) is 13.2 Å². The zero-order valence-corrected chi connectivity index (χ0v) is 15.8. The number of likely N-dealkylation sites (tertiary alicyclic amines) is 1. The molecule has 0 aliphatic carbocycles. The highest BCUT2D eigenvalue weighted by Crippen LogP contribution is 2.37. The van der Waals surface area contributed by atoms with E-state index in [1.165, 1.54) is 11.3 Å². The van der Waals surface area contributed by atoms with Gasteiger partial charge in [0, 0.05) is 24.0 Å². The van der Waals surface area contributed by atoms with Crippen LogP contribution in [0.15, 0.2) is 30.3 Å². The van der Waals surface area contributed by atoms with E-state index in [2.05, 4.69) is 0 Å². The van der Waals surface area contributed by atoms with Crippen LogP contribution in [-0.4, -0.2) is 43.2 Å². The molecule has 5 nitrogen and oxygen atoms in total. The highest BCUT2D eigenvalue weighted by Gasteiger charge is 2.27. The number of benzene rings is 1. The van der Waals surface area contributed by atoms with Crippen LogP contribution in [0.4, 0.5) is 0 Å². The quantitative estimate of drug-likeness (QED) is 0.897. The molecule has 2 N–H and O–H groups in total. The molecule has 1 saturated heterocycles. The summed E-state index contributed by atoms with van der Waals surface area (Å²) < 4.78 is 11.2. The number of rotatable bonds is 3. The van der Waals surface area contributed by atoms with Gasteiger partial charge < -0.3 is 20.1 Å². The third-order valence-electron chi connectivity index (χ3n) is 5.13. The Labute approximate surface area is 157 Å². The number of carbonyl (C=O) groups is 1. The van der Waals surface area contributed by atoms with Crippen molar-refractivity contribution in [3.8, 4) is 21.9 Å². The van der Waals surface area contributed by atoms with Gasteiger partial charge in [-0.2, -0.15) is 0 Å². The normalized spacial score (nSPS) is 20.7. The smallest absolute Gasteiger partial charge is 0.263 e. The average Bonchev–Trinajstić information content (AvgIpc) is 3.17. The lowest BCUT2D eigenvalue weighted by molar-refractivity contribution is 0.0666. The van der Waals surface area contributed by atoms with Gasteiger partial charge in [-0.3, -0.25) is 4.79 Å². The van der Waals surface area contributed by atoms with Gasteiger partial charge in [-0.25, -0.2) is 0 Å². The van der Waals surface area contributed by atoms with Crippen LogP contribution in [-0.2, 0) is 0 Å². The van der Waals surface area contributed by atoms with Gasteiger partial charge in [-0.1, -0.05) is 0 Å². The number of nitrogens with zero attached hydrogens (tertiary/aromatic N) is 1. The number of ether oxygens (including phenoxy) is 2. The topological polar surface area (TPSA) is 64.8 Å². The molecule has 1 aromatic heterocycles. The number of hydrogen-bond donors (Lipinski definition) is 1. The predicted octanol–water partition coefficient (Wildman–Crippen LogP) is 3.39. The zero-order chi connectivity index (χ0) is 18.1. The number of fused-ring (bicyclic) bond motifs is 1. The first kappa shape index (κ1) is 17.4. The molecule has 1 amide bonds. The van der Waals surface area contributed by atoms with Gasteiger partial charge in [0.05, 0.1) is 4.88 Å². The first-order valence-corrected chi connectivity index (χ1v) is 9.98. The monoisotopic (exact) mass is 372 g/mol. The summed E-state index contributed by atoms with van der Waals surface area (Å²) in [5.74, 6) is 2.06. The zero-order valence-electron chi connectivity index (χ0n) is 14.9. The second-order valence-electron chi connectivity index (χ2n) is 7.03. The Kier molecular flexibility index (Phi) is 4.87. The number of piperidine rings is 1. The van der Waals surface area contributed by atoms with Crippen molar-refractivity contribution in [1.29, 1.82) is 0 Å².